The molecule has 2 rings (SSSR count). The second-order valence-electron chi connectivity index (χ2n) is 5.34. The van der Waals surface area contributed by atoms with Gasteiger partial charge in [0.15, 0.2) is 0 Å². The molecular weight excluding hydrogens is 252 g/mol. The van der Waals surface area contributed by atoms with Crippen molar-refractivity contribution in [3.05, 3.63) is 46.8 Å². The van der Waals surface area contributed by atoms with Gasteiger partial charge in [-0.3, -0.25) is 4.90 Å². The number of aromatic nitrogens is 1. The van der Waals surface area contributed by atoms with Gasteiger partial charge in [-0.2, -0.15) is 0 Å². The van der Waals surface area contributed by atoms with Gasteiger partial charge in [-0.05, 0) is 51.1 Å². The third kappa shape index (κ3) is 4.38. The van der Waals surface area contributed by atoms with Crippen molar-refractivity contribution >= 4 is 0 Å². The van der Waals surface area contributed by atoms with Gasteiger partial charge in [0.05, 0.1) is 5.69 Å². The van der Waals surface area contributed by atoms with Crippen molar-refractivity contribution < 1.29 is 9.26 Å². The number of ether oxygens (including phenoxy) is 1. The first kappa shape index (κ1) is 14.6. The van der Waals surface area contributed by atoms with E-state index in [1.807, 2.05) is 13.0 Å². The highest BCUT2D eigenvalue weighted by atomic mass is 16.5. The lowest BCUT2D eigenvalue weighted by atomic mass is 10.1. The van der Waals surface area contributed by atoms with E-state index >= 15 is 0 Å². The highest BCUT2D eigenvalue weighted by Crippen LogP contribution is 2.16. The van der Waals surface area contributed by atoms with Crippen molar-refractivity contribution in [3.8, 4) is 5.75 Å². The maximum Gasteiger partial charge on any atom is 0.133 e. The molecule has 2 aromatic rings. The molecule has 0 fully saturated rings. The Morgan fingerprint density at radius 2 is 1.80 bits per heavy atom. The van der Waals surface area contributed by atoms with E-state index in [1.165, 1.54) is 11.1 Å². The summed E-state index contributed by atoms with van der Waals surface area (Å²) >= 11 is 0. The van der Waals surface area contributed by atoms with Crippen LogP contribution in [0.25, 0.3) is 0 Å². The third-order valence-corrected chi connectivity index (χ3v) is 3.05. The minimum absolute atomic E-state index is 0.663. The molecule has 0 atom stereocenters. The van der Waals surface area contributed by atoms with Gasteiger partial charge in [-0.15, -0.1) is 0 Å². The number of rotatable bonds is 6. The lowest BCUT2D eigenvalue weighted by Crippen LogP contribution is -2.24. The molecule has 108 valence electrons. The quantitative estimate of drug-likeness (QED) is 0.811. The predicted molar refractivity (Wildman–Crippen MR) is 79.0 cm³/mol. The monoisotopic (exact) mass is 274 g/mol. The molecule has 1 aromatic carbocycles. The van der Waals surface area contributed by atoms with E-state index in [-0.39, 0.29) is 0 Å². The van der Waals surface area contributed by atoms with Gasteiger partial charge < -0.3 is 9.26 Å². The van der Waals surface area contributed by atoms with E-state index in [0.717, 1.165) is 30.3 Å². The van der Waals surface area contributed by atoms with Gasteiger partial charge in [-0.25, -0.2) is 0 Å². The van der Waals surface area contributed by atoms with Crippen LogP contribution in [0.4, 0.5) is 0 Å². The zero-order chi connectivity index (χ0) is 14.5. The Morgan fingerprint density at radius 3 is 2.40 bits per heavy atom. The molecule has 0 radical (unpaired) electrons. The molecule has 0 unspecified atom stereocenters. The Hall–Kier alpha value is -1.81. The molecule has 20 heavy (non-hydrogen) atoms. The fourth-order valence-electron chi connectivity index (χ4n) is 2.18. The van der Waals surface area contributed by atoms with Gasteiger partial charge in [0.25, 0.3) is 0 Å². The molecule has 1 aromatic heterocycles. The van der Waals surface area contributed by atoms with E-state index in [1.54, 1.807) is 0 Å². The van der Waals surface area contributed by atoms with Crippen LogP contribution in [0.15, 0.2) is 28.8 Å². The van der Waals surface area contributed by atoms with Crippen LogP contribution in [0, 0.1) is 20.8 Å². The molecule has 0 aliphatic carbocycles. The van der Waals surface area contributed by atoms with Crippen molar-refractivity contribution in [1.29, 1.82) is 0 Å². The molecule has 0 bridgehead atoms. The van der Waals surface area contributed by atoms with Crippen molar-refractivity contribution in [1.82, 2.24) is 10.1 Å². The second-order valence-corrected chi connectivity index (χ2v) is 5.34. The molecule has 0 N–H and O–H groups in total. The Bertz CT molecular complexity index is 543. The Kier molecular flexibility index (Phi) is 4.79. The average molecular weight is 274 g/mol. The van der Waals surface area contributed by atoms with E-state index in [9.17, 15) is 0 Å². The zero-order valence-electron chi connectivity index (χ0n) is 12.6. The van der Waals surface area contributed by atoms with Crippen LogP contribution in [0.5, 0.6) is 5.75 Å². The number of benzene rings is 1. The van der Waals surface area contributed by atoms with Crippen LogP contribution in [-0.2, 0) is 6.54 Å². The topological polar surface area (TPSA) is 38.5 Å². The van der Waals surface area contributed by atoms with E-state index in [0.29, 0.717) is 6.61 Å². The Labute approximate surface area is 120 Å². The van der Waals surface area contributed by atoms with Gasteiger partial charge in [-0.1, -0.05) is 11.2 Å². The lowest BCUT2D eigenvalue weighted by Gasteiger charge is -2.15. The summed E-state index contributed by atoms with van der Waals surface area (Å²) in [7, 11) is 2.05. The van der Waals surface area contributed by atoms with E-state index in [2.05, 4.69) is 49.2 Å². The normalized spacial score (nSPS) is 11.1. The summed E-state index contributed by atoms with van der Waals surface area (Å²) in [5.41, 5.74) is 3.41. The maximum atomic E-state index is 5.80. The average Bonchev–Trinajstić information content (AvgIpc) is 2.73. The summed E-state index contributed by atoms with van der Waals surface area (Å²) in [6, 6.07) is 8.23. The number of aryl methyl sites for hydroxylation is 3. The Morgan fingerprint density at radius 1 is 1.10 bits per heavy atom. The second kappa shape index (κ2) is 6.57. The van der Waals surface area contributed by atoms with Gasteiger partial charge in [0.2, 0.25) is 0 Å². The molecule has 0 aliphatic heterocycles. The fourth-order valence-corrected chi connectivity index (χ4v) is 2.18. The lowest BCUT2D eigenvalue weighted by molar-refractivity contribution is 0.228. The van der Waals surface area contributed by atoms with Crippen molar-refractivity contribution in [2.75, 3.05) is 20.2 Å². The summed E-state index contributed by atoms with van der Waals surface area (Å²) in [6.07, 6.45) is 0. The van der Waals surface area contributed by atoms with Crippen molar-refractivity contribution in [2.24, 2.45) is 0 Å². The van der Waals surface area contributed by atoms with Crippen molar-refractivity contribution in [2.45, 2.75) is 27.3 Å². The zero-order valence-corrected chi connectivity index (χ0v) is 12.6. The number of nitrogens with zero attached hydrogens (tertiary/aromatic N) is 2. The molecule has 0 saturated heterocycles. The molecule has 0 saturated carbocycles. The molecule has 1 heterocycles. The largest absolute Gasteiger partial charge is 0.492 e. The van der Waals surface area contributed by atoms with E-state index < -0.39 is 0 Å². The summed E-state index contributed by atoms with van der Waals surface area (Å²) in [4.78, 5) is 2.17. The Balaban J connectivity index is 1.77. The summed E-state index contributed by atoms with van der Waals surface area (Å²) in [5, 5.41) is 3.99. The van der Waals surface area contributed by atoms with Crippen LogP contribution < -0.4 is 4.74 Å². The number of hydrogen-bond donors (Lipinski definition) is 0. The third-order valence-electron chi connectivity index (χ3n) is 3.05. The van der Waals surface area contributed by atoms with Crippen LogP contribution in [0.1, 0.15) is 22.6 Å². The first-order chi connectivity index (χ1) is 9.52. The maximum absolute atomic E-state index is 5.80. The van der Waals surface area contributed by atoms with Crippen LogP contribution in [0.2, 0.25) is 0 Å². The predicted octanol–water partition coefficient (Wildman–Crippen LogP) is 3.11. The van der Waals surface area contributed by atoms with Crippen LogP contribution in [0.3, 0.4) is 0 Å². The van der Waals surface area contributed by atoms with Gasteiger partial charge >= 0.3 is 0 Å². The minimum Gasteiger partial charge on any atom is -0.492 e. The highest BCUT2D eigenvalue weighted by molar-refractivity contribution is 5.32. The first-order valence-corrected chi connectivity index (χ1v) is 6.85. The summed E-state index contributed by atoms with van der Waals surface area (Å²) < 4.78 is 10.9. The molecular formula is C16H22N2O2. The molecule has 0 amide bonds. The molecule has 4 heteroatoms. The van der Waals surface area contributed by atoms with Gasteiger partial charge in [0.1, 0.15) is 18.1 Å². The minimum atomic E-state index is 0.663. The first-order valence-electron chi connectivity index (χ1n) is 6.85. The number of likely N-dealkylation sites (N-methyl/N-ethyl adjacent to an activating group) is 1. The summed E-state index contributed by atoms with van der Waals surface area (Å²) in [5.74, 6) is 1.79. The molecule has 0 aliphatic rings. The van der Waals surface area contributed by atoms with Crippen LogP contribution >= 0.6 is 0 Å². The highest BCUT2D eigenvalue weighted by Gasteiger charge is 2.05. The van der Waals surface area contributed by atoms with Crippen molar-refractivity contribution in [3.63, 3.8) is 0 Å². The number of hydrogen-bond acceptors (Lipinski definition) is 4. The van der Waals surface area contributed by atoms with E-state index in [4.69, 9.17) is 9.26 Å². The molecule has 4 nitrogen and oxygen atoms in total. The van der Waals surface area contributed by atoms with Gasteiger partial charge in [0, 0.05) is 19.2 Å². The standard InChI is InChI=1S/C16H22N2O2/c1-12-7-13(2)9-16(8-12)19-6-5-18(4)11-15-10-14(3)20-17-15/h7-10H,5-6,11H2,1-4H3. The van der Waals surface area contributed by atoms with Crippen LogP contribution in [-0.4, -0.2) is 30.3 Å². The SMILES string of the molecule is Cc1cc(C)cc(OCCN(C)Cc2cc(C)on2)c1. The molecule has 0 spiro atoms. The smallest absolute Gasteiger partial charge is 0.133 e. The summed E-state index contributed by atoms with van der Waals surface area (Å²) in [6.45, 7) is 8.35. The fraction of sp³-hybridized carbons (Fsp3) is 0.438.